The van der Waals surface area contributed by atoms with Crippen LogP contribution >= 0.6 is 0 Å². The molecule has 0 fully saturated rings. The highest BCUT2D eigenvalue weighted by atomic mass is 16.5. The Morgan fingerprint density at radius 2 is 2.15 bits per heavy atom. The van der Waals surface area contributed by atoms with Gasteiger partial charge in [0.05, 0.1) is 6.61 Å². The molecule has 0 spiro atoms. The molecule has 0 saturated heterocycles. The summed E-state index contributed by atoms with van der Waals surface area (Å²) < 4.78 is 13.1. The Labute approximate surface area is 119 Å². The summed E-state index contributed by atoms with van der Waals surface area (Å²) in [6.07, 6.45) is 1.78. The number of pyridine rings is 1. The van der Waals surface area contributed by atoms with E-state index in [0.29, 0.717) is 19.1 Å². The lowest BCUT2D eigenvalue weighted by Crippen LogP contribution is -2.07. The number of aryl methyl sites for hydroxylation is 1. The molecule has 2 aromatic rings. The zero-order valence-electron chi connectivity index (χ0n) is 12.5. The van der Waals surface area contributed by atoms with Crippen LogP contribution in [0.5, 0.6) is 5.88 Å². The van der Waals surface area contributed by atoms with Crippen molar-refractivity contribution in [3.05, 3.63) is 23.5 Å². The van der Waals surface area contributed by atoms with Crippen LogP contribution < -0.4 is 4.74 Å². The summed E-state index contributed by atoms with van der Waals surface area (Å²) in [7, 11) is 1.71. The standard InChI is InChI=1S/C16H20N2O2/c1-5-6-10-20-16-15-14(7-8-17-16)12(2)13(3)18(15)9-11-19-4/h7-8H,9-11H2,1-4H3. The zero-order chi connectivity index (χ0) is 14.5. The van der Waals surface area contributed by atoms with Crippen molar-refractivity contribution in [1.29, 1.82) is 0 Å². The molecule has 0 unspecified atom stereocenters. The monoisotopic (exact) mass is 272 g/mol. The van der Waals surface area contributed by atoms with Gasteiger partial charge in [-0.1, -0.05) is 5.92 Å². The number of fused-ring (bicyclic) bond motifs is 1. The second-order valence-corrected chi connectivity index (χ2v) is 4.58. The topological polar surface area (TPSA) is 36.3 Å². The Morgan fingerprint density at radius 1 is 1.35 bits per heavy atom. The van der Waals surface area contributed by atoms with Crippen molar-refractivity contribution >= 4 is 10.9 Å². The van der Waals surface area contributed by atoms with Gasteiger partial charge in [-0.2, -0.15) is 0 Å². The quantitative estimate of drug-likeness (QED) is 0.785. The third-order valence-corrected chi connectivity index (χ3v) is 3.49. The van der Waals surface area contributed by atoms with Crippen molar-refractivity contribution in [3.8, 4) is 17.7 Å². The Balaban J connectivity index is 2.51. The third-order valence-electron chi connectivity index (χ3n) is 3.49. The molecule has 20 heavy (non-hydrogen) atoms. The molecular weight excluding hydrogens is 252 g/mol. The fourth-order valence-corrected chi connectivity index (χ4v) is 2.31. The van der Waals surface area contributed by atoms with E-state index in [9.17, 15) is 0 Å². The van der Waals surface area contributed by atoms with Gasteiger partial charge in [0.2, 0.25) is 5.88 Å². The summed E-state index contributed by atoms with van der Waals surface area (Å²) in [5, 5.41) is 1.17. The largest absolute Gasteiger partial charge is 0.463 e. The van der Waals surface area contributed by atoms with Crippen LogP contribution in [-0.4, -0.2) is 29.9 Å². The first-order chi connectivity index (χ1) is 9.70. The molecule has 0 radical (unpaired) electrons. The van der Waals surface area contributed by atoms with Crippen LogP contribution in [0.2, 0.25) is 0 Å². The number of hydrogen-bond donors (Lipinski definition) is 0. The maximum atomic E-state index is 5.70. The SMILES string of the molecule is CC#CCOc1nccc2c(C)c(C)n(CCOC)c12. The van der Waals surface area contributed by atoms with Crippen LogP contribution in [0.1, 0.15) is 18.2 Å². The second-order valence-electron chi connectivity index (χ2n) is 4.58. The molecule has 4 heteroatoms. The van der Waals surface area contributed by atoms with E-state index in [1.54, 1.807) is 20.2 Å². The summed E-state index contributed by atoms with van der Waals surface area (Å²) in [6, 6.07) is 2.03. The summed E-state index contributed by atoms with van der Waals surface area (Å²) in [4.78, 5) is 4.35. The molecule has 0 aromatic carbocycles. The van der Waals surface area contributed by atoms with E-state index in [4.69, 9.17) is 9.47 Å². The molecule has 106 valence electrons. The molecule has 4 nitrogen and oxygen atoms in total. The smallest absolute Gasteiger partial charge is 0.239 e. The van der Waals surface area contributed by atoms with Gasteiger partial charge in [-0.05, 0) is 32.4 Å². The highest BCUT2D eigenvalue weighted by molar-refractivity contribution is 5.88. The Hall–Kier alpha value is -1.99. The lowest BCUT2D eigenvalue weighted by molar-refractivity contribution is 0.187. The van der Waals surface area contributed by atoms with Crippen molar-refractivity contribution < 1.29 is 9.47 Å². The van der Waals surface area contributed by atoms with E-state index in [1.807, 2.05) is 6.07 Å². The lowest BCUT2D eigenvalue weighted by Gasteiger charge is -2.10. The minimum atomic E-state index is 0.357. The molecule has 0 amide bonds. The van der Waals surface area contributed by atoms with Gasteiger partial charge in [0, 0.05) is 30.9 Å². The Kier molecular flexibility index (Phi) is 4.65. The first-order valence-corrected chi connectivity index (χ1v) is 6.66. The van der Waals surface area contributed by atoms with Crippen molar-refractivity contribution in [2.75, 3.05) is 20.3 Å². The highest BCUT2D eigenvalue weighted by Crippen LogP contribution is 2.30. The molecule has 0 saturated carbocycles. The minimum Gasteiger partial charge on any atom is -0.463 e. The average Bonchev–Trinajstić information content (AvgIpc) is 2.70. The van der Waals surface area contributed by atoms with Gasteiger partial charge in [-0.3, -0.25) is 0 Å². The number of rotatable bonds is 5. The molecule has 0 aliphatic rings. The Bertz CT molecular complexity index is 662. The van der Waals surface area contributed by atoms with E-state index >= 15 is 0 Å². The van der Waals surface area contributed by atoms with Gasteiger partial charge in [0.25, 0.3) is 0 Å². The molecule has 0 atom stereocenters. The van der Waals surface area contributed by atoms with Gasteiger partial charge in [0.15, 0.2) is 6.61 Å². The first kappa shape index (κ1) is 14.4. The third kappa shape index (κ3) is 2.63. The van der Waals surface area contributed by atoms with Crippen LogP contribution in [0, 0.1) is 25.7 Å². The Morgan fingerprint density at radius 3 is 2.85 bits per heavy atom. The van der Waals surface area contributed by atoms with Crippen LogP contribution in [0.3, 0.4) is 0 Å². The van der Waals surface area contributed by atoms with Crippen molar-refractivity contribution in [1.82, 2.24) is 9.55 Å². The number of aromatic nitrogens is 2. The summed E-state index contributed by atoms with van der Waals surface area (Å²) in [6.45, 7) is 7.84. The summed E-state index contributed by atoms with van der Waals surface area (Å²) >= 11 is 0. The average molecular weight is 272 g/mol. The molecule has 0 bridgehead atoms. The molecule has 2 rings (SSSR count). The van der Waals surface area contributed by atoms with E-state index in [2.05, 4.69) is 35.2 Å². The fraction of sp³-hybridized carbons (Fsp3) is 0.438. The van der Waals surface area contributed by atoms with E-state index in [0.717, 1.165) is 12.1 Å². The maximum absolute atomic E-state index is 5.70. The lowest BCUT2D eigenvalue weighted by atomic mass is 10.2. The van der Waals surface area contributed by atoms with Gasteiger partial charge >= 0.3 is 0 Å². The molecule has 2 aromatic heterocycles. The minimum absolute atomic E-state index is 0.357. The number of nitrogens with zero attached hydrogens (tertiary/aromatic N) is 2. The normalized spacial score (nSPS) is 10.4. The molecular formula is C16H20N2O2. The van der Waals surface area contributed by atoms with Crippen molar-refractivity contribution in [3.63, 3.8) is 0 Å². The maximum Gasteiger partial charge on any atom is 0.239 e. The van der Waals surface area contributed by atoms with Gasteiger partial charge in [-0.25, -0.2) is 4.98 Å². The van der Waals surface area contributed by atoms with Gasteiger partial charge in [0.1, 0.15) is 5.52 Å². The molecule has 0 aliphatic carbocycles. The number of hydrogen-bond acceptors (Lipinski definition) is 3. The van der Waals surface area contributed by atoms with E-state index in [-0.39, 0.29) is 0 Å². The van der Waals surface area contributed by atoms with Gasteiger partial charge in [-0.15, -0.1) is 5.92 Å². The first-order valence-electron chi connectivity index (χ1n) is 6.66. The zero-order valence-corrected chi connectivity index (χ0v) is 12.5. The molecule has 0 N–H and O–H groups in total. The van der Waals surface area contributed by atoms with Crippen LogP contribution in [0.15, 0.2) is 12.3 Å². The number of methoxy groups -OCH3 is 1. The van der Waals surface area contributed by atoms with Gasteiger partial charge < -0.3 is 14.0 Å². The van der Waals surface area contributed by atoms with Crippen LogP contribution in [0.4, 0.5) is 0 Å². The van der Waals surface area contributed by atoms with E-state index < -0.39 is 0 Å². The summed E-state index contributed by atoms with van der Waals surface area (Å²) in [5.41, 5.74) is 3.50. The molecule has 2 heterocycles. The van der Waals surface area contributed by atoms with Crippen molar-refractivity contribution in [2.24, 2.45) is 0 Å². The predicted octanol–water partition coefficient (Wildman–Crippen LogP) is 2.70. The fourth-order valence-electron chi connectivity index (χ4n) is 2.31. The molecule has 0 aliphatic heterocycles. The van der Waals surface area contributed by atoms with Crippen LogP contribution in [0.25, 0.3) is 10.9 Å². The highest BCUT2D eigenvalue weighted by Gasteiger charge is 2.15. The van der Waals surface area contributed by atoms with Crippen LogP contribution in [-0.2, 0) is 11.3 Å². The van der Waals surface area contributed by atoms with E-state index in [1.165, 1.54) is 16.6 Å². The number of ether oxygens (including phenoxy) is 2. The second kappa shape index (κ2) is 6.44. The predicted molar refractivity (Wildman–Crippen MR) is 80.0 cm³/mol. The van der Waals surface area contributed by atoms with Crippen molar-refractivity contribution in [2.45, 2.75) is 27.3 Å². The summed E-state index contributed by atoms with van der Waals surface area (Å²) in [5.74, 6) is 6.36.